The van der Waals surface area contributed by atoms with Crippen molar-refractivity contribution in [3.63, 3.8) is 0 Å². The van der Waals surface area contributed by atoms with Gasteiger partial charge in [-0.2, -0.15) is 9.30 Å². The molecule has 0 radical (unpaired) electrons. The number of nitrogens with two attached hydrogens (primary N) is 1. The number of likely N-dealkylation sites (tertiary alicyclic amines) is 1. The molecule has 2 aromatic carbocycles. The van der Waals surface area contributed by atoms with Gasteiger partial charge in [-0.1, -0.05) is 12.1 Å². The van der Waals surface area contributed by atoms with Crippen molar-refractivity contribution in [2.75, 3.05) is 44.3 Å². The topological polar surface area (TPSA) is 181 Å². The van der Waals surface area contributed by atoms with E-state index in [-0.39, 0.29) is 24.3 Å². The molecule has 2 fully saturated rings. The molecule has 0 saturated carbocycles. The second-order valence-corrected chi connectivity index (χ2v) is 16.2. The lowest BCUT2D eigenvalue weighted by Gasteiger charge is -2.36. The first-order valence-corrected chi connectivity index (χ1v) is 17.9. The predicted molar refractivity (Wildman–Crippen MR) is 185 cm³/mol. The van der Waals surface area contributed by atoms with Gasteiger partial charge in [0.2, 0.25) is 15.9 Å². The molecular formula is C34H46N6O8S. The third-order valence-electron chi connectivity index (χ3n) is 7.92. The minimum atomic E-state index is -3.33. The number of amides is 3. The first-order valence-electron chi connectivity index (χ1n) is 16.0. The summed E-state index contributed by atoms with van der Waals surface area (Å²) in [6.45, 7) is 12.3. The Morgan fingerprint density at radius 1 is 0.816 bits per heavy atom. The molecule has 0 aliphatic carbocycles. The van der Waals surface area contributed by atoms with E-state index in [9.17, 15) is 27.6 Å². The number of carbonyl (C=O) groups is 4. The fourth-order valence-electron chi connectivity index (χ4n) is 5.60. The molecule has 2 aliphatic rings. The number of rotatable bonds is 7. The average Bonchev–Trinajstić information content (AvgIpc) is 3.45. The zero-order valence-electron chi connectivity index (χ0n) is 29.1. The van der Waals surface area contributed by atoms with Crippen LogP contribution in [0.2, 0.25) is 0 Å². The predicted octanol–water partition coefficient (Wildman–Crippen LogP) is 3.08. The molecule has 266 valence electrons. The second kappa shape index (κ2) is 14.6. The molecular weight excluding hydrogens is 652 g/mol. The van der Waals surface area contributed by atoms with Crippen LogP contribution in [0.5, 0.6) is 0 Å². The van der Waals surface area contributed by atoms with Crippen molar-refractivity contribution in [3.8, 4) is 0 Å². The second-order valence-electron chi connectivity index (χ2n) is 14.2. The SMILES string of the molecule is CC(C)(C)OC(=O)N=C(N)c1ccc(C(=O)N2C[C@@H](N3CCN(S(C)(=O)=O)CC3)C[C@H]2C(=O)Nc2ccc(C(=O)OC(C)(C)C)cc2)cc1. The molecule has 0 aromatic heterocycles. The monoisotopic (exact) mass is 698 g/mol. The van der Waals surface area contributed by atoms with Gasteiger partial charge in [0.15, 0.2) is 0 Å². The summed E-state index contributed by atoms with van der Waals surface area (Å²) in [4.78, 5) is 59.6. The Labute approximate surface area is 287 Å². The molecule has 0 spiro atoms. The van der Waals surface area contributed by atoms with E-state index in [0.717, 1.165) is 0 Å². The highest BCUT2D eigenvalue weighted by molar-refractivity contribution is 7.88. The quantitative estimate of drug-likeness (QED) is 0.248. The van der Waals surface area contributed by atoms with E-state index in [1.54, 1.807) is 90.1 Å². The molecule has 0 unspecified atom stereocenters. The number of hydrogen-bond acceptors (Lipinski definition) is 9. The van der Waals surface area contributed by atoms with Crippen LogP contribution in [0.25, 0.3) is 0 Å². The molecule has 15 heteroatoms. The molecule has 14 nitrogen and oxygen atoms in total. The minimum Gasteiger partial charge on any atom is -0.456 e. The lowest BCUT2D eigenvalue weighted by Crippen LogP contribution is -2.52. The highest BCUT2D eigenvalue weighted by Gasteiger charge is 2.43. The van der Waals surface area contributed by atoms with Crippen LogP contribution in [0.1, 0.15) is 74.2 Å². The van der Waals surface area contributed by atoms with Crippen molar-refractivity contribution < 1.29 is 37.1 Å². The molecule has 3 N–H and O–H groups in total. The molecule has 2 aliphatic heterocycles. The van der Waals surface area contributed by atoms with Crippen molar-refractivity contribution >= 4 is 45.4 Å². The summed E-state index contributed by atoms with van der Waals surface area (Å²) < 4.78 is 36.1. The maximum absolute atomic E-state index is 13.9. The van der Waals surface area contributed by atoms with E-state index in [4.69, 9.17) is 15.2 Å². The largest absolute Gasteiger partial charge is 0.456 e. The number of benzene rings is 2. The van der Waals surface area contributed by atoms with Crippen LogP contribution in [0.15, 0.2) is 53.5 Å². The van der Waals surface area contributed by atoms with Crippen LogP contribution in [0.3, 0.4) is 0 Å². The Bertz CT molecular complexity index is 1690. The molecule has 2 heterocycles. The Kier molecular flexibility index (Phi) is 11.2. The first kappa shape index (κ1) is 37.5. The van der Waals surface area contributed by atoms with Crippen molar-refractivity contribution in [2.45, 2.75) is 71.2 Å². The number of nitrogens with one attached hydrogen (secondary N) is 1. The average molecular weight is 699 g/mol. The summed E-state index contributed by atoms with van der Waals surface area (Å²) in [5.74, 6) is -1.34. The van der Waals surface area contributed by atoms with Gasteiger partial charge in [0.05, 0.1) is 11.8 Å². The van der Waals surface area contributed by atoms with Gasteiger partial charge < -0.3 is 25.4 Å². The van der Waals surface area contributed by atoms with Gasteiger partial charge in [-0.15, -0.1) is 0 Å². The highest BCUT2D eigenvalue weighted by atomic mass is 32.2. The van der Waals surface area contributed by atoms with Crippen LogP contribution in [0, 0.1) is 0 Å². The maximum Gasteiger partial charge on any atom is 0.436 e. The molecule has 2 aromatic rings. The first-order chi connectivity index (χ1) is 22.7. The van der Waals surface area contributed by atoms with E-state index in [0.29, 0.717) is 55.0 Å². The minimum absolute atomic E-state index is 0.0716. The number of hydrogen-bond donors (Lipinski definition) is 2. The van der Waals surface area contributed by atoms with Gasteiger partial charge >= 0.3 is 12.1 Å². The van der Waals surface area contributed by atoms with Crippen molar-refractivity contribution in [1.82, 2.24) is 14.1 Å². The van der Waals surface area contributed by atoms with Crippen LogP contribution in [-0.2, 0) is 24.3 Å². The van der Waals surface area contributed by atoms with E-state index in [1.165, 1.54) is 15.5 Å². The van der Waals surface area contributed by atoms with Gasteiger partial charge in [0, 0.05) is 55.6 Å². The number of amidine groups is 1. The number of ether oxygens (including phenoxy) is 2. The number of anilines is 1. The van der Waals surface area contributed by atoms with Gasteiger partial charge in [0.25, 0.3) is 5.91 Å². The van der Waals surface area contributed by atoms with E-state index >= 15 is 0 Å². The number of piperazine rings is 1. The fraction of sp³-hybridized carbons (Fsp3) is 0.500. The third-order valence-corrected chi connectivity index (χ3v) is 9.22. The Morgan fingerprint density at radius 2 is 1.35 bits per heavy atom. The summed E-state index contributed by atoms with van der Waals surface area (Å²) >= 11 is 0. The zero-order chi connectivity index (χ0) is 36.3. The lowest BCUT2D eigenvalue weighted by molar-refractivity contribution is -0.119. The highest BCUT2D eigenvalue weighted by Crippen LogP contribution is 2.27. The third kappa shape index (κ3) is 10.3. The van der Waals surface area contributed by atoms with Crippen LogP contribution < -0.4 is 11.1 Å². The van der Waals surface area contributed by atoms with Gasteiger partial charge in [-0.25, -0.2) is 18.0 Å². The number of nitrogens with zero attached hydrogens (tertiary/aromatic N) is 4. The number of sulfonamides is 1. The summed E-state index contributed by atoms with van der Waals surface area (Å²) in [6.07, 6.45) is 0.681. The summed E-state index contributed by atoms with van der Waals surface area (Å²) in [5, 5.41) is 2.88. The summed E-state index contributed by atoms with van der Waals surface area (Å²) in [6, 6.07) is 11.5. The number of esters is 1. The maximum atomic E-state index is 13.9. The Balaban J connectivity index is 1.52. The van der Waals surface area contributed by atoms with Gasteiger partial charge in [-0.05, 0) is 84.4 Å². The van der Waals surface area contributed by atoms with Crippen LogP contribution in [0.4, 0.5) is 10.5 Å². The lowest BCUT2D eigenvalue weighted by atomic mass is 10.1. The van der Waals surface area contributed by atoms with Gasteiger partial charge in [-0.3, -0.25) is 14.5 Å². The van der Waals surface area contributed by atoms with Crippen LogP contribution >= 0.6 is 0 Å². The Hall–Kier alpha value is -4.34. The summed E-state index contributed by atoms with van der Waals surface area (Å²) in [7, 11) is -3.33. The number of carbonyl (C=O) groups excluding carboxylic acids is 4. The Morgan fingerprint density at radius 3 is 1.88 bits per heavy atom. The van der Waals surface area contributed by atoms with Crippen LogP contribution in [-0.4, -0.2) is 115 Å². The van der Waals surface area contributed by atoms with Crippen molar-refractivity contribution in [3.05, 3.63) is 65.2 Å². The molecule has 2 saturated heterocycles. The summed E-state index contributed by atoms with van der Waals surface area (Å²) in [5.41, 5.74) is 6.11. The molecule has 4 rings (SSSR count). The smallest absolute Gasteiger partial charge is 0.436 e. The van der Waals surface area contributed by atoms with Crippen molar-refractivity contribution in [1.29, 1.82) is 0 Å². The molecule has 0 bridgehead atoms. The zero-order valence-corrected chi connectivity index (χ0v) is 29.9. The normalized spacial score (nSPS) is 19.7. The van der Waals surface area contributed by atoms with E-state index in [1.807, 2.05) is 0 Å². The van der Waals surface area contributed by atoms with Gasteiger partial charge in [0.1, 0.15) is 23.1 Å². The molecule has 49 heavy (non-hydrogen) atoms. The van der Waals surface area contributed by atoms with Crippen molar-refractivity contribution in [2.24, 2.45) is 10.7 Å². The fourth-order valence-corrected chi connectivity index (χ4v) is 6.43. The molecule has 2 atom stereocenters. The number of aliphatic imine (C=N–C) groups is 1. The standard InChI is InChI=1S/C34H46N6O8S/c1-33(2,3)47-31(43)24-12-14-25(15-13-24)36-29(41)27-20-26(38-16-18-39(19-17-38)49(7,45)46)21-40(27)30(42)23-10-8-22(9-11-23)28(35)37-32(44)48-34(4,5)6/h8-15,26-27H,16-21H2,1-7H3,(H,36,41)(H2,35,37,44)/t26-,27-/m0/s1. The molecule has 3 amide bonds. The van der Waals surface area contributed by atoms with E-state index in [2.05, 4.69) is 15.2 Å². The van der Waals surface area contributed by atoms with E-state index < -0.39 is 45.2 Å².